The molecule has 0 aromatic carbocycles. The fourth-order valence-corrected chi connectivity index (χ4v) is 2.69. The van der Waals surface area contributed by atoms with Crippen LogP contribution in [0.4, 0.5) is 0 Å². The van der Waals surface area contributed by atoms with E-state index in [2.05, 4.69) is 10.1 Å². The first-order valence-corrected chi connectivity index (χ1v) is 7.48. The summed E-state index contributed by atoms with van der Waals surface area (Å²) < 4.78 is 5.06. The SMILES string of the molecule is Cc1ccc(C(=O)N2CCCN2C(=O)c2c(C)noc2C)cn1. The lowest BCUT2D eigenvalue weighted by molar-refractivity contribution is 0.0184. The summed E-state index contributed by atoms with van der Waals surface area (Å²) in [5.74, 6) is -0.0221. The van der Waals surface area contributed by atoms with E-state index >= 15 is 0 Å². The highest BCUT2D eigenvalue weighted by Gasteiger charge is 2.34. The summed E-state index contributed by atoms with van der Waals surface area (Å²) >= 11 is 0. The largest absolute Gasteiger partial charge is 0.361 e. The number of nitrogens with zero attached hydrogens (tertiary/aromatic N) is 4. The van der Waals surface area contributed by atoms with Gasteiger partial charge in [0.05, 0.1) is 11.3 Å². The molecule has 3 rings (SSSR count). The smallest absolute Gasteiger partial charge is 0.277 e. The molecule has 0 bridgehead atoms. The van der Waals surface area contributed by atoms with Gasteiger partial charge in [0.15, 0.2) is 0 Å². The lowest BCUT2D eigenvalue weighted by Gasteiger charge is -2.27. The summed E-state index contributed by atoms with van der Waals surface area (Å²) in [6, 6.07) is 3.51. The Hall–Kier alpha value is -2.70. The lowest BCUT2D eigenvalue weighted by atomic mass is 10.2. The van der Waals surface area contributed by atoms with Gasteiger partial charge in [-0.05, 0) is 39.3 Å². The molecule has 0 N–H and O–H groups in total. The van der Waals surface area contributed by atoms with E-state index in [9.17, 15) is 9.59 Å². The molecule has 120 valence electrons. The first-order chi connectivity index (χ1) is 11.0. The summed E-state index contributed by atoms with van der Waals surface area (Å²) in [6.45, 7) is 6.27. The molecule has 0 aliphatic carbocycles. The zero-order chi connectivity index (χ0) is 16.6. The maximum absolute atomic E-state index is 12.8. The molecule has 1 saturated heterocycles. The Balaban J connectivity index is 1.87. The molecule has 1 aliphatic heterocycles. The van der Waals surface area contributed by atoms with Gasteiger partial charge in [0.2, 0.25) is 0 Å². The lowest BCUT2D eigenvalue weighted by Crippen LogP contribution is -2.45. The first-order valence-electron chi connectivity index (χ1n) is 7.48. The maximum Gasteiger partial charge on any atom is 0.277 e. The van der Waals surface area contributed by atoms with Gasteiger partial charge < -0.3 is 4.52 Å². The van der Waals surface area contributed by atoms with Crippen molar-refractivity contribution in [2.45, 2.75) is 27.2 Å². The highest BCUT2D eigenvalue weighted by atomic mass is 16.5. The van der Waals surface area contributed by atoms with Crippen molar-refractivity contribution in [3.05, 3.63) is 46.6 Å². The summed E-state index contributed by atoms with van der Waals surface area (Å²) in [4.78, 5) is 29.6. The molecule has 2 aromatic rings. The van der Waals surface area contributed by atoms with E-state index in [0.717, 1.165) is 12.1 Å². The van der Waals surface area contributed by atoms with Crippen LogP contribution in [-0.4, -0.2) is 45.1 Å². The minimum atomic E-state index is -0.257. The Kier molecular flexibility index (Phi) is 3.85. The number of aryl methyl sites for hydroxylation is 3. The molecule has 0 radical (unpaired) electrons. The highest BCUT2D eigenvalue weighted by molar-refractivity contribution is 6.00. The van der Waals surface area contributed by atoms with Crippen molar-refractivity contribution < 1.29 is 14.1 Å². The molecule has 0 unspecified atom stereocenters. The van der Waals surface area contributed by atoms with Crippen LogP contribution >= 0.6 is 0 Å². The molecule has 7 heteroatoms. The number of pyridine rings is 1. The third-order valence-electron chi connectivity index (χ3n) is 3.91. The van der Waals surface area contributed by atoms with Crippen LogP contribution < -0.4 is 0 Å². The minimum absolute atomic E-state index is 0.227. The van der Waals surface area contributed by atoms with Crippen molar-refractivity contribution >= 4 is 11.8 Å². The van der Waals surface area contributed by atoms with Crippen LogP contribution in [0.1, 0.15) is 44.3 Å². The molecule has 2 amide bonds. The van der Waals surface area contributed by atoms with Crippen LogP contribution in [0.2, 0.25) is 0 Å². The van der Waals surface area contributed by atoms with E-state index in [4.69, 9.17) is 4.52 Å². The van der Waals surface area contributed by atoms with Gasteiger partial charge in [-0.1, -0.05) is 5.16 Å². The highest BCUT2D eigenvalue weighted by Crippen LogP contribution is 2.21. The number of rotatable bonds is 2. The molecular weight excluding hydrogens is 296 g/mol. The Morgan fingerprint density at radius 3 is 2.35 bits per heavy atom. The van der Waals surface area contributed by atoms with Crippen molar-refractivity contribution in [2.24, 2.45) is 0 Å². The fourth-order valence-electron chi connectivity index (χ4n) is 2.69. The van der Waals surface area contributed by atoms with Crippen molar-refractivity contribution in [1.82, 2.24) is 20.2 Å². The average molecular weight is 314 g/mol. The van der Waals surface area contributed by atoms with Crippen LogP contribution in [0, 0.1) is 20.8 Å². The third-order valence-corrected chi connectivity index (χ3v) is 3.91. The van der Waals surface area contributed by atoms with E-state index in [0.29, 0.717) is 35.7 Å². The van der Waals surface area contributed by atoms with Gasteiger partial charge in [0.25, 0.3) is 11.8 Å². The number of hydrogen-bond acceptors (Lipinski definition) is 5. The van der Waals surface area contributed by atoms with Gasteiger partial charge in [-0.2, -0.15) is 0 Å². The molecule has 3 heterocycles. The molecule has 0 saturated carbocycles. The molecule has 7 nitrogen and oxygen atoms in total. The standard InChI is InChI=1S/C16H18N4O3/c1-10-5-6-13(9-17-10)15(21)19-7-4-8-20(19)16(22)14-11(2)18-23-12(14)3/h5-6,9H,4,7-8H2,1-3H3. The number of carbonyl (C=O) groups excluding carboxylic acids is 2. The second-order valence-corrected chi connectivity index (χ2v) is 5.60. The maximum atomic E-state index is 12.8. The van der Waals surface area contributed by atoms with Gasteiger partial charge in [0.1, 0.15) is 11.3 Å². The summed E-state index contributed by atoms with van der Waals surface area (Å²) in [6.07, 6.45) is 2.27. The molecule has 0 atom stereocenters. The van der Waals surface area contributed by atoms with Gasteiger partial charge in [-0.3, -0.25) is 14.6 Å². The Morgan fingerprint density at radius 1 is 1.09 bits per heavy atom. The van der Waals surface area contributed by atoms with E-state index < -0.39 is 0 Å². The Bertz CT molecular complexity index is 732. The predicted molar refractivity (Wildman–Crippen MR) is 81.6 cm³/mol. The monoisotopic (exact) mass is 314 g/mol. The predicted octanol–water partition coefficient (Wildman–Crippen LogP) is 1.90. The number of hydrazine groups is 1. The van der Waals surface area contributed by atoms with Crippen molar-refractivity contribution in [2.75, 3.05) is 13.1 Å². The molecule has 1 aliphatic rings. The minimum Gasteiger partial charge on any atom is -0.361 e. The second-order valence-electron chi connectivity index (χ2n) is 5.60. The zero-order valence-corrected chi connectivity index (χ0v) is 13.4. The molecule has 23 heavy (non-hydrogen) atoms. The topological polar surface area (TPSA) is 79.5 Å². The number of amides is 2. The summed E-state index contributed by atoms with van der Waals surface area (Å²) in [5.41, 5.74) is 2.26. The van der Waals surface area contributed by atoms with Crippen LogP contribution in [0.15, 0.2) is 22.9 Å². The van der Waals surface area contributed by atoms with Crippen molar-refractivity contribution in [3.8, 4) is 0 Å². The first kappa shape index (κ1) is 15.2. The van der Waals surface area contributed by atoms with E-state index in [1.54, 1.807) is 26.0 Å². The van der Waals surface area contributed by atoms with Crippen LogP contribution in [0.3, 0.4) is 0 Å². The van der Waals surface area contributed by atoms with E-state index in [1.807, 2.05) is 6.92 Å². The van der Waals surface area contributed by atoms with Crippen molar-refractivity contribution in [3.63, 3.8) is 0 Å². The Labute approximate surface area is 133 Å². The fraction of sp³-hybridized carbons (Fsp3) is 0.375. The van der Waals surface area contributed by atoms with Crippen LogP contribution in [-0.2, 0) is 0 Å². The molecular formula is C16H18N4O3. The van der Waals surface area contributed by atoms with Crippen LogP contribution in [0.5, 0.6) is 0 Å². The summed E-state index contributed by atoms with van der Waals surface area (Å²) in [7, 11) is 0. The normalized spacial score (nSPS) is 14.4. The van der Waals surface area contributed by atoms with Gasteiger partial charge in [-0.15, -0.1) is 0 Å². The van der Waals surface area contributed by atoms with Gasteiger partial charge in [0, 0.05) is 25.0 Å². The van der Waals surface area contributed by atoms with Gasteiger partial charge in [-0.25, -0.2) is 10.0 Å². The molecule has 0 spiro atoms. The van der Waals surface area contributed by atoms with E-state index in [1.165, 1.54) is 16.2 Å². The summed E-state index contributed by atoms with van der Waals surface area (Å²) in [5, 5.41) is 6.75. The third kappa shape index (κ3) is 2.69. The quantitative estimate of drug-likeness (QED) is 0.846. The van der Waals surface area contributed by atoms with Gasteiger partial charge >= 0.3 is 0 Å². The Morgan fingerprint density at radius 2 is 1.78 bits per heavy atom. The second kappa shape index (κ2) is 5.83. The molecule has 1 fully saturated rings. The number of aromatic nitrogens is 2. The number of hydrogen-bond donors (Lipinski definition) is 0. The molecule has 2 aromatic heterocycles. The van der Waals surface area contributed by atoms with Crippen LogP contribution in [0.25, 0.3) is 0 Å². The zero-order valence-electron chi connectivity index (χ0n) is 13.4. The van der Waals surface area contributed by atoms with Crippen molar-refractivity contribution in [1.29, 1.82) is 0 Å². The van der Waals surface area contributed by atoms with E-state index in [-0.39, 0.29) is 11.8 Å². The number of carbonyl (C=O) groups is 2. The average Bonchev–Trinajstić information content (AvgIpc) is 3.14.